The molecule has 2 bridgehead atoms. The molecule has 4 heteroatoms. The van der Waals surface area contributed by atoms with Crippen LogP contribution in [0.4, 0.5) is 0 Å². The molecule has 118 valence electrons. The maximum absolute atomic E-state index is 12.6. The van der Waals surface area contributed by atoms with Crippen LogP contribution in [0.25, 0.3) is 0 Å². The van der Waals surface area contributed by atoms with Gasteiger partial charge in [0.1, 0.15) is 6.61 Å². The molecule has 3 nitrogen and oxygen atoms in total. The van der Waals surface area contributed by atoms with Gasteiger partial charge in [0.2, 0.25) is 5.91 Å². The van der Waals surface area contributed by atoms with Crippen LogP contribution in [-0.4, -0.2) is 17.4 Å². The van der Waals surface area contributed by atoms with E-state index in [0.717, 1.165) is 18.4 Å². The highest BCUT2D eigenvalue weighted by Gasteiger charge is 2.45. The van der Waals surface area contributed by atoms with Crippen LogP contribution in [0.1, 0.15) is 41.6 Å². The van der Waals surface area contributed by atoms with Gasteiger partial charge in [-0.1, -0.05) is 54.1 Å². The SMILES string of the molecule is O=C(COCc1ccccc1Cl)N1C2CCC1c1ccccc12. The number of rotatable bonds is 4. The first-order valence-electron chi connectivity index (χ1n) is 7.97. The molecule has 23 heavy (non-hydrogen) atoms. The fraction of sp³-hybridized carbons (Fsp3) is 0.316. The summed E-state index contributed by atoms with van der Waals surface area (Å²) >= 11 is 6.11. The van der Waals surface area contributed by atoms with Gasteiger partial charge in [-0.15, -0.1) is 0 Å². The smallest absolute Gasteiger partial charge is 0.249 e. The van der Waals surface area contributed by atoms with E-state index in [0.29, 0.717) is 11.6 Å². The van der Waals surface area contributed by atoms with Crippen LogP contribution in [0, 0.1) is 0 Å². The number of carbonyl (C=O) groups excluding carboxylic acids is 1. The lowest BCUT2D eigenvalue weighted by atomic mass is 9.92. The summed E-state index contributed by atoms with van der Waals surface area (Å²) in [7, 11) is 0. The Hall–Kier alpha value is -1.84. The van der Waals surface area contributed by atoms with Crippen LogP contribution in [-0.2, 0) is 16.1 Å². The molecule has 0 spiro atoms. The molecule has 2 heterocycles. The van der Waals surface area contributed by atoms with E-state index in [4.69, 9.17) is 16.3 Å². The predicted molar refractivity (Wildman–Crippen MR) is 89.1 cm³/mol. The highest BCUT2D eigenvalue weighted by Crippen LogP contribution is 2.52. The zero-order chi connectivity index (χ0) is 15.8. The van der Waals surface area contributed by atoms with Crippen LogP contribution < -0.4 is 0 Å². The average molecular weight is 328 g/mol. The molecule has 0 N–H and O–H groups in total. The third-order valence-corrected chi connectivity index (χ3v) is 5.20. The van der Waals surface area contributed by atoms with Crippen molar-refractivity contribution in [2.75, 3.05) is 6.61 Å². The van der Waals surface area contributed by atoms with Gasteiger partial charge in [0.15, 0.2) is 0 Å². The quantitative estimate of drug-likeness (QED) is 0.839. The second kappa shape index (κ2) is 5.99. The third-order valence-electron chi connectivity index (χ3n) is 4.83. The lowest BCUT2D eigenvalue weighted by molar-refractivity contribution is -0.139. The summed E-state index contributed by atoms with van der Waals surface area (Å²) in [5.41, 5.74) is 3.53. The van der Waals surface area contributed by atoms with E-state index in [1.807, 2.05) is 29.2 Å². The number of nitrogens with zero attached hydrogens (tertiary/aromatic N) is 1. The number of fused-ring (bicyclic) bond motifs is 5. The van der Waals surface area contributed by atoms with Crippen molar-refractivity contribution < 1.29 is 9.53 Å². The number of halogens is 1. The van der Waals surface area contributed by atoms with Crippen molar-refractivity contribution in [1.29, 1.82) is 0 Å². The molecule has 2 aromatic carbocycles. The molecule has 0 aromatic heterocycles. The monoisotopic (exact) mass is 327 g/mol. The first-order valence-corrected chi connectivity index (χ1v) is 8.34. The molecular weight excluding hydrogens is 310 g/mol. The second-order valence-electron chi connectivity index (χ2n) is 6.12. The highest BCUT2D eigenvalue weighted by atomic mass is 35.5. The van der Waals surface area contributed by atoms with Crippen LogP contribution >= 0.6 is 11.6 Å². The Bertz CT molecular complexity index is 715. The molecular formula is C19H18ClNO2. The lowest BCUT2D eigenvalue weighted by Gasteiger charge is -2.22. The van der Waals surface area contributed by atoms with E-state index >= 15 is 0 Å². The van der Waals surface area contributed by atoms with Crippen LogP contribution in [0.3, 0.4) is 0 Å². The van der Waals surface area contributed by atoms with Crippen LogP contribution in [0.2, 0.25) is 5.02 Å². The Morgan fingerprint density at radius 1 is 1.04 bits per heavy atom. The number of ether oxygens (including phenoxy) is 1. The van der Waals surface area contributed by atoms with Gasteiger partial charge in [-0.05, 0) is 35.6 Å². The first-order chi connectivity index (χ1) is 11.3. The molecule has 2 aliphatic rings. The van der Waals surface area contributed by atoms with Gasteiger partial charge in [0.05, 0.1) is 18.7 Å². The lowest BCUT2D eigenvalue weighted by Crippen LogP contribution is -2.31. The van der Waals surface area contributed by atoms with E-state index in [9.17, 15) is 4.79 Å². The van der Waals surface area contributed by atoms with E-state index in [1.54, 1.807) is 0 Å². The molecule has 2 aromatic rings. The summed E-state index contributed by atoms with van der Waals surface area (Å²) < 4.78 is 5.62. The van der Waals surface area contributed by atoms with Crippen LogP contribution in [0.5, 0.6) is 0 Å². The summed E-state index contributed by atoms with van der Waals surface area (Å²) in [6.07, 6.45) is 2.11. The Labute approximate surface area is 140 Å². The fourth-order valence-corrected chi connectivity index (χ4v) is 4.02. The largest absolute Gasteiger partial charge is 0.367 e. The highest BCUT2D eigenvalue weighted by molar-refractivity contribution is 6.31. The van der Waals surface area contributed by atoms with Gasteiger partial charge >= 0.3 is 0 Å². The normalized spacial score (nSPS) is 21.5. The maximum atomic E-state index is 12.6. The van der Waals surface area contributed by atoms with Crippen molar-refractivity contribution >= 4 is 17.5 Å². The molecule has 1 saturated heterocycles. The number of carbonyl (C=O) groups is 1. The zero-order valence-electron chi connectivity index (χ0n) is 12.7. The average Bonchev–Trinajstić information content (AvgIpc) is 3.14. The van der Waals surface area contributed by atoms with E-state index in [-0.39, 0.29) is 24.6 Å². The molecule has 0 radical (unpaired) electrons. The molecule has 0 aliphatic carbocycles. The Morgan fingerprint density at radius 2 is 1.65 bits per heavy atom. The Balaban J connectivity index is 1.41. The van der Waals surface area contributed by atoms with Gasteiger partial charge in [0, 0.05) is 5.02 Å². The molecule has 1 amide bonds. The molecule has 4 rings (SSSR count). The van der Waals surface area contributed by atoms with Gasteiger partial charge in [-0.3, -0.25) is 4.79 Å². The van der Waals surface area contributed by atoms with Crippen molar-refractivity contribution in [3.63, 3.8) is 0 Å². The van der Waals surface area contributed by atoms with Crippen molar-refractivity contribution in [1.82, 2.24) is 4.90 Å². The Kier molecular flexibility index (Phi) is 3.83. The third kappa shape index (κ3) is 2.54. The molecule has 1 fully saturated rings. The minimum Gasteiger partial charge on any atom is -0.367 e. The zero-order valence-corrected chi connectivity index (χ0v) is 13.5. The summed E-state index contributed by atoms with van der Waals surface area (Å²) in [6.45, 7) is 0.466. The van der Waals surface area contributed by atoms with Gasteiger partial charge in [0.25, 0.3) is 0 Å². The molecule has 2 unspecified atom stereocenters. The van der Waals surface area contributed by atoms with Crippen molar-refractivity contribution in [2.24, 2.45) is 0 Å². The summed E-state index contributed by atoms with van der Waals surface area (Å²) in [4.78, 5) is 14.6. The van der Waals surface area contributed by atoms with Gasteiger partial charge in [-0.2, -0.15) is 0 Å². The minimum atomic E-state index is 0.0701. The Morgan fingerprint density at radius 3 is 2.30 bits per heavy atom. The fourth-order valence-electron chi connectivity index (χ4n) is 3.83. The van der Waals surface area contributed by atoms with Gasteiger partial charge < -0.3 is 9.64 Å². The molecule has 0 saturated carbocycles. The number of amides is 1. The summed E-state index contributed by atoms with van der Waals surface area (Å²) in [5, 5.41) is 0.675. The second-order valence-corrected chi connectivity index (χ2v) is 6.53. The van der Waals surface area contributed by atoms with Crippen molar-refractivity contribution in [3.8, 4) is 0 Å². The number of hydrogen-bond acceptors (Lipinski definition) is 2. The maximum Gasteiger partial charge on any atom is 0.249 e. The van der Waals surface area contributed by atoms with Crippen molar-refractivity contribution in [2.45, 2.75) is 31.5 Å². The molecule has 2 atom stereocenters. The van der Waals surface area contributed by atoms with E-state index in [2.05, 4.69) is 24.3 Å². The van der Waals surface area contributed by atoms with Crippen molar-refractivity contribution in [3.05, 3.63) is 70.2 Å². The summed E-state index contributed by atoms with van der Waals surface area (Å²) in [5.74, 6) is 0.0701. The minimum absolute atomic E-state index is 0.0701. The number of benzene rings is 2. The topological polar surface area (TPSA) is 29.5 Å². The van der Waals surface area contributed by atoms with Crippen LogP contribution in [0.15, 0.2) is 48.5 Å². The predicted octanol–water partition coefficient (Wildman–Crippen LogP) is 4.28. The van der Waals surface area contributed by atoms with E-state index in [1.165, 1.54) is 11.1 Å². The van der Waals surface area contributed by atoms with E-state index < -0.39 is 0 Å². The summed E-state index contributed by atoms with van der Waals surface area (Å²) in [6, 6.07) is 16.4. The standard InChI is InChI=1S/C19H18ClNO2/c20-16-8-4-1-5-13(16)11-23-12-19(22)21-17-9-10-18(21)15-7-3-2-6-14(15)17/h1-8,17-18H,9-12H2. The van der Waals surface area contributed by atoms with Gasteiger partial charge in [-0.25, -0.2) is 0 Å². The number of hydrogen-bond donors (Lipinski definition) is 0. The molecule has 2 aliphatic heterocycles. The first kappa shape index (κ1) is 14.7.